The van der Waals surface area contributed by atoms with Gasteiger partial charge in [0.25, 0.3) is 0 Å². The molecule has 1 N–H and O–H groups in total. The van der Waals surface area contributed by atoms with Crippen LogP contribution in [0.1, 0.15) is 24.1 Å². The third kappa shape index (κ3) is 4.77. The van der Waals surface area contributed by atoms with Gasteiger partial charge in [-0.2, -0.15) is 13.2 Å². The zero-order chi connectivity index (χ0) is 20.3. The number of hydrogen-bond donors (Lipinski definition) is 1. The summed E-state index contributed by atoms with van der Waals surface area (Å²) in [7, 11) is 0. The molecule has 0 spiro atoms. The summed E-state index contributed by atoms with van der Waals surface area (Å²) in [4.78, 5) is 16.3. The number of alkyl halides is 3. The van der Waals surface area contributed by atoms with Gasteiger partial charge in [-0.05, 0) is 30.7 Å². The fourth-order valence-electron chi connectivity index (χ4n) is 3.25. The molecule has 8 heteroatoms. The number of carbonyl (C=O) groups is 1. The normalized spacial score (nSPS) is 16.7. The van der Waals surface area contributed by atoms with Gasteiger partial charge in [0.05, 0.1) is 16.3 Å². The summed E-state index contributed by atoms with van der Waals surface area (Å²) in [6, 6.07) is 12.8. The number of halogens is 4. The van der Waals surface area contributed by atoms with E-state index in [1.54, 1.807) is 4.90 Å². The molecule has 1 heterocycles. The standard InChI is InChI=1S/C20H21ClF3N3O/c1-14(15-5-3-2-4-6-15)26-9-11-27(12-10-26)19(28)25-18-13-16(20(22,23)24)7-8-17(18)21/h2-8,13-14H,9-12H2,1H3,(H,25,28). The predicted molar refractivity (Wildman–Crippen MR) is 103 cm³/mol. The van der Waals surface area contributed by atoms with Crippen LogP contribution in [0.2, 0.25) is 5.02 Å². The van der Waals surface area contributed by atoms with Gasteiger partial charge in [0.1, 0.15) is 0 Å². The number of amides is 2. The maximum atomic E-state index is 12.9. The molecule has 1 unspecified atom stereocenters. The van der Waals surface area contributed by atoms with E-state index in [1.165, 1.54) is 5.56 Å². The topological polar surface area (TPSA) is 35.6 Å². The van der Waals surface area contributed by atoms with Crippen LogP contribution in [0.3, 0.4) is 0 Å². The number of benzene rings is 2. The summed E-state index contributed by atoms with van der Waals surface area (Å²) in [5.41, 5.74) is 0.312. The van der Waals surface area contributed by atoms with Crippen LogP contribution in [0.4, 0.5) is 23.7 Å². The minimum Gasteiger partial charge on any atom is -0.322 e. The first-order chi connectivity index (χ1) is 13.3. The van der Waals surface area contributed by atoms with Crippen LogP contribution >= 0.6 is 11.6 Å². The molecule has 150 valence electrons. The molecule has 1 aliphatic heterocycles. The van der Waals surface area contributed by atoms with Crippen LogP contribution in [0.25, 0.3) is 0 Å². The van der Waals surface area contributed by atoms with Crippen LogP contribution in [-0.2, 0) is 6.18 Å². The molecule has 1 atom stereocenters. The van der Waals surface area contributed by atoms with Crippen molar-refractivity contribution in [3.05, 3.63) is 64.7 Å². The van der Waals surface area contributed by atoms with Gasteiger partial charge < -0.3 is 10.2 Å². The first-order valence-electron chi connectivity index (χ1n) is 8.97. The van der Waals surface area contributed by atoms with Crippen LogP contribution in [0.15, 0.2) is 48.5 Å². The molecule has 1 fully saturated rings. The Labute approximate surface area is 166 Å². The molecule has 2 aromatic rings. The van der Waals surface area contributed by atoms with Crippen molar-refractivity contribution in [3.8, 4) is 0 Å². The van der Waals surface area contributed by atoms with Crippen molar-refractivity contribution in [1.29, 1.82) is 0 Å². The molecule has 1 aliphatic rings. The Hall–Kier alpha value is -2.25. The lowest BCUT2D eigenvalue weighted by Gasteiger charge is -2.38. The minimum absolute atomic E-state index is 0.0402. The summed E-state index contributed by atoms with van der Waals surface area (Å²) in [6.45, 7) is 4.45. The second kappa shape index (κ2) is 8.41. The molecule has 4 nitrogen and oxygen atoms in total. The first-order valence-corrected chi connectivity index (χ1v) is 9.35. The Morgan fingerprint density at radius 1 is 1.07 bits per heavy atom. The van der Waals surface area contributed by atoms with Gasteiger partial charge in [0, 0.05) is 32.2 Å². The minimum atomic E-state index is -4.50. The highest BCUT2D eigenvalue weighted by atomic mass is 35.5. The summed E-state index contributed by atoms with van der Waals surface area (Å²) >= 11 is 5.95. The molecule has 2 aromatic carbocycles. The molecule has 0 bridgehead atoms. The van der Waals surface area contributed by atoms with E-state index in [0.717, 1.165) is 18.2 Å². The quantitative estimate of drug-likeness (QED) is 0.746. The first kappa shape index (κ1) is 20.5. The van der Waals surface area contributed by atoms with Gasteiger partial charge in [-0.25, -0.2) is 4.79 Å². The second-order valence-corrected chi connectivity index (χ2v) is 7.14. The Kier molecular flexibility index (Phi) is 6.15. The van der Waals surface area contributed by atoms with E-state index in [9.17, 15) is 18.0 Å². The van der Waals surface area contributed by atoms with Crippen molar-refractivity contribution in [2.45, 2.75) is 19.1 Å². The van der Waals surface area contributed by atoms with Gasteiger partial charge in [-0.15, -0.1) is 0 Å². The van der Waals surface area contributed by atoms with E-state index in [1.807, 2.05) is 18.2 Å². The molecule has 3 rings (SSSR count). The Morgan fingerprint density at radius 3 is 2.32 bits per heavy atom. The third-order valence-corrected chi connectivity index (χ3v) is 5.30. The molecule has 0 radical (unpaired) electrons. The summed E-state index contributed by atoms with van der Waals surface area (Å²) in [6.07, 6.45) is -4.50. The maximum absolute atomic E-state index is 12.9. The van der Waals surface area contributed by atoms with Crippen molar-refractivity contribution in [1.82, 2.24) is 9.80 Å². The van der Waals surface area contributed by atoms with E-state index in [-0.39, 0.29) is 16.8 Å². The van der Waals surface area contributed by atoms with E-state index < -0.39 is 17.8 Å². The second-order valence-electron chi connectivity index (χ2n) is 6.73. The molecule has 0 aromatic heterocycles. The largest absolute Gasteiger partial charge is 0.416 e. The fourth-order valence-corrected chi connectivity index (χ4v) is 3.41. The molecule has 2 amide bonds. The maximum Gasteiger partial charge on any atom is 0.416 e. The van der Waals surface area contributed by atoms with Crippen LogP contribution in [-0.4, -0.2) is 42.0 Å². The Morgan fingerprint density at radius 2 is 1.71 bits per heavy atom. The monoisotopic (exact) mass is 411 g/mol. The van der Waals surface area contributed by atoms with Gasteiger partial charge in [0.2, 0.25) is 0 Å². The van der Waals surface area contributed by atoms with Crippen LogP contribution < -0.4 is 5.32 Å². The average Bonchev–Trinajstić information content (AvgIpc) is 2.69. The lowest BCUT2D eigenvalue weighted by molar-refractivity contribution is -0.137. The fraction of sp³-hybridized carbons (Fsp3) is 0.350. The summed E-state index contributed by atoms with van der Waals surface area (Å²) < 4.78 is 38.6. The van der Waals surface area contributed by atoms with E-state index in [0.29, 0.717) is 26.2 Å². The van der Waals surface area contributed by atoms with E-state index in [2.05, 4.69) is 29.3 Å². The van der Waals surface area contributed by atoms with Crippen LogP contribution in [0.5, 0.6) is 0 Å². The zero-order valence-electron chi connectivity index (χ0n) is 15.3. The number of nitrogens with one attached hydrogen (secondary N) is 1. The molecule has 1 saturated heterocycles. The van der Waals surface area contributed by atoms with Crippen molar-refractivity contribution in [2.75, 3.05) is 31.5 Å². The average molecular weight is 412 g/mol. The molecule has 28 heavy (non-hydrogen) atoms. The predicted octanol–water partition coefficient (Wildman–Crippen LogP) is 5.27. The molecular formula is C20H21ClF3N3O. The number of hydrogen-bond acceptors (Lipinski definition) is 2. The summed E-state index contributed by atoms with van der Waals surface area (Å²) in [5.74, 6) is 0. The Bertz CT molecular complexity index is 821. The lowest BCUT2D eigenvalue weighted by atomic mass is 10.1. The number of piperazine rings is 1. The molecule has 0 aliphatic carbocycles. The van der Waals surface area contributed by atoms with Gasteiger partial charge in [0.15, 0.2) is 0 Å². The number of urea groups is 1. The van der Waals surface area contributed by atoms with Crippen molar-refractivity contribution in [2.24, 2.45) is 0 Å². The highest BCUT2D eigenvalue weighted by Gasteiger charge is 2.31. The number of nitrogens with zero attached hydrogens (tertiary/aromatic N) is 2. The number of anilines is 1. The van der Waals surface area contributed by atoms with Crippen LogP contribution in [0, 0.1) is 0 Å². The highest BCUT2D eigenvalue weighted by molar-refractivity contribution is 6.33. The summed E-state index contributed by atoms with van der Waals surface area (Å²) in [5, 5.41) is 2.57. The van der Waals surface area contributed by atoms with Gasteiger partial charge in [-0.3, -0.25) is 4.90 Å². The smallest absolute Gasteiger partial charge is 0.322 e. The van der Waals surface area contributed by atoms with E-state index >= 15 is 0 Å². The molecular weight excluding hydrogens is 391 g/mol. The SMILES string of the molecule is CC(c1ccccc1)N1CCN(C(=O)Nc2cc(C(F)(F)F)ccc2Cl)CC1. The Balaban J connectivity index is 1.60. The zero-order valence-corrected chi connectivity index (χ0v) is 16.1. The van der Waals surface area contributed by atoms with Gasteiger partial charge in [-0.1, -0.05) is 41.9 Å². The number of carbonyl (C=O) groups excluding carboxylic acids is 1. The number of rotatable bonds is 3. The van der Waals surface area contributed by atoms with E-state index in [4.69, 9.17) is 11.6 Å². The van der Waals surface area contributed by atoms with Crippen molar-refractivity contribution in [3.63, 3.8) is 0 Å². The van der Waals surface area contributed by atoms with Crippen molar-refractivity contribution < 1.29 is 18.0 Å². The van der Waals surface area contributed by atoms with Crippen molar-refractivity contribution >= 4 is 23.3 Å². The highest BCUT2D eigenvalue weighted by Crippen LogP contribution is 2.34. The molecule has 0 saturated carbocycles. The lowest BCUT2D eigenvalue weighted by Crippen LogP contribution is -2.50. The third-order valence-electron chi connectivity index (χ3n) is 4.97. The van der Waals surface area contributed by atoms with Gasteiger partial charge >= 0.3 is 12.2 Å².